The van der Waals surface area contributed by atoms with E-state index in [1.54, 1.807) is 9.13 Å². The molecule has 0 atom stereocenters. The molecule has 0 unspecified atom stereocenters. The molecule has 1 aromatic heterocycles. The van der Waals surface area contributed by atoms with Crippen LogP contribution in [0.25, 0.3) is 0 Å². The van der Waals surface area contributed by atoms with Crippen LogP contribution < -0.4 is 11.0 Å². The first-order chi connectivity index (χ1) is 6.70. The summed E-state index contributed by atoms with van der Waals surface area (Å²) in [5, 5.41) is 3.33. The van der Waals surface area contributed by atoms with Gasteiger partial charge in [-0.3, -0.25) is 4.57 Å². The van der Waals surface area contributed by atoms with Crippen LogP contribution in [0.5, 0.6) is 0 Å². The largest absolute Gasteiger partial charge is 0.327 e. The molecule has 14 heavy (non-hydrogen) atoms. The third-order valence-corrected chi connectivity index (χ3v) is 3.06. The zero-order chi connectivity index (χ0) is 10.1. The molecule has 2 rings (SSSR count). The molecule has 1 aliphatic rings. The third kappa shape index (κ3) is 1.50. The van der Waals surface area contributed by atoms with Crippen molar-refractivity contribution < 1.29 is 0 Å². The summed E-state index contributed by atoms with van der Waals surface area (Å²) in [6, 6.07) is 0. The molecule has 0 saturated carbocycles. The van der Waals surface area contributed by atoms with Gasteiger partial charge >= 0.3 is 5.69 Å². The quantitative estimate of drug-likeness (QED) is 0.695. The standard InChI is InChI=1S/C10H17N3O/c1-12-7-9(13(2)10(12)14)8-3-5-11-6-4-8/h7-8,11H,3-6H2,1-2H3. The van der Waals surface area contributed by atoms with Gasteiger partial charge in [0.25, 0.3) is 0 Å². The number of rotatable bonds is 1. The van der Waals surface area contributed by atoms with E-state index < -0.39 is 0 Å². The van der Waals surface area contributed by atoms with Gasteiger partial charge < -0.3 is 9.88 Å². The first-order valence-electron chi connectivity index (χ1n) is 5.13. The van der Waals surface area contributed by atoms with E-state index in [1.165, 1.54) is 5.69 Å². The van der Waals surface area contributed by atoms with Crippen LogP contribution in [-0.2, 0) is 14.1 Å². The molecular weight excluding hydrogens is 178 g/mol. The second-order valence-corrected chi connectivity index (χ2v) is 4.03. The van der Waals surface area contributed by atoms with Crippen molar-refractivity contribution in [2.24, 2.45) is 14.1 Å². The Kier molecular flexibility index (Phi) is 2.46. The average Bonchev–Trinajstić information content (AvgIpc) is 2.47. The minimum atomic E-state index is 0.0820. The van der Waals surface area contributed by atoms with Crippen LogP contribution in [0.2, 0.25) is 0 Å². The predicted octanol–water partition coefficient (Wildman–Crippen LogP) is 0.191. The Morgan fingerprint density at radius 3 is 2.50 bits per heavy atom. The third-order valence-electron chi connectivity index (χ3n) is 3.06. The molecule has 0 aliphatic carbocycles. The predicted molar refractivity (Wildman–Crippen MR) is 55.5 cm³/mol. The summed E-state index contributed by atoms with van der Waals surface area (Å²) < 4.78 is 3.44. The molecule has 0 amide bonds. The van der Waals surface area contributed by atoms with Crippen molar-refractivity contribution in [3.63, 3.8) is 0 Å². The molecule has 0 bridgehead atoms. The van der Waals surface area contributed by atoms with Gasteiger partial charge in [-0.1, -0.05) is 0 Å². The number of hydrogen-bond acceptors (Lipinski definition) is 2. The number of imidazole rings is 1. The number of nitrogens with zero attached hydrogens (tertiary/aromatic N) is 2. The van der Waals surface area contributed by atoms with E-state index in [0.29, 0.717) is 5.92 Å². The smallest absolute Gasteiger partial charge is 0.317 e. The summed E-state index contributed by atoms with van der Waals surface area (Å²) >= 11 is 0. The fraction of sp³-hybridized carbons (Fsp3) is 0.700. The lowest BCUT2D eigenvalue weighted by Crippen LogP contribution is -2.28. The normalized spacial score (nSPS) is 18.7. The van der Waals surface area contributed by atoms with Crippen LogP contribution in [0.3, 0.4) is 0 Å². The highest BCUT2D eigenvalue weighted by Crippen LogP contribution is 2.23. The molecule has 1 aliphatic heterocycles. The Hall–Kier alpha value is -1.03. The van der Waals surface area contributed by atoms with Crippen LogP contribution >= 0.6 is 0 Å². The molecule has 1 aromatic rings. The van der Waals surface area contributed by atoms with Crippen molar-refractivity contribution in [3.05, 3.63) is 22.4 Å². The molecule has 0 aromatic carbocycles. The lowest BCUT2D eigenvalue weighted by Gasteiger charge is -2.22. The lowest BCUT2D eigenvalue weighted by molar-refractivity contribution is 0.444. The van der Waals surface area contributed by atoms with Crippen LogP contribution in [0.1, 0.15) is 24.5 Å². The zero-order valence-corrected chi connectivity index (χ0v) is 8.79. The van der Waals surface area contributed by atoms with Gasteiger partial charge in [-0.15, -0.1) is 0 Å². The van der Waals surface area contributed by atoms with E-state index in [0.717, 1.165) is 25.9 Å². The maximum Gasteiger partial charge on any atom is 0.327 e. The van der Waals surface area contributed by atoms with Crippen molar-refractivity contribution in [3.8, 4) is 0 Å². The van der Waals surface area contributed by atoms with Crippen LogP contribution in [0, 0.1) is 0 Å². The Morgan fingerprint density at radius 2 is 2.00 bits per heavy atom. The number of aromatic nitrogens is 2. The lowest BCUT2D eigenvalue weighted by atomic mass is 9.95. The van der Waals surface area contributed by atoms with E-state index in [9.17, 15) is 4.79 Å². The summed E-state index contributed by atoms with van der Waals surface area (Å²) in [7, 11) is 3.67. The Bertz CT molecular complexity index is 371. The molecular formula is C10H17N3O. The van der Waals surface area contributed by atoms with E-state index >= 15 is 0 Å². The molecule has 4 heteroatoms. The summed E-state index contributed by atoms with van der Waals surface area (Å²) in [5.41, 5.74) is 1.26. The van der Waals surface area contributed by atoms with Gasteiger partial charge in [0.2, 0.25) is 0 Å². The monoisotopic (exact) mass is 195 g/mol. The van der Waals surface area contributed by atoms with Crippen molar-refractivity contribution >= 4 is 0 Å². The summed E-state index contributed by atoms with van der Waals surface area (Å²) in [5.74, 6) is 0.551. The highest BCUT2D eigenvalue weighted by molar-refractivity contribution is 5.08. The Balaban J connectivity index is 2.31. The van der Waals surface area contributed by atoms with Gasteiger partial charge in [0.15, 0.2) is 0 Å². The second kappa shape index (κ2) is 3.61. The van der Waals surface area contributed by atoms with E-state index in [4.69, 9.17) is 0 Å². The maximum absolute atomic E-state index is 11.5. The first-order valence-corrected chi connectivity index (χ1v) is 5.13. The van der Waals surface area contributed by atoms with Crippen molar-refractivity contribution in [1.82, 2.24) is 14.5 Å². The SMILES string of the molecule is Cn1cc(C2CCNCC2)n(C)c1=O. The topological polar surface area (TPSA) is 39.0 Å². The van der Waals surface area contributed by atoms with E-state index in [2.05, 4.69) is 5.32 Å². The van der Waals surface area contributed by atoms with Gasteiger partial charge in [0, 0.05) is 31.9 Å². The molecule has 1 N–H and O–H groups in total. The first kappa shape index (κ1) is 9.52. The number of hydrogen-bond donors (Lipinski definition) is 1. The summed E-state index contributed by atoms with van der Waals surface area (Å²) in [4.78, 5) is 11.5. The minimum Gasteiger partial charge on any atom is -0.317 e. The Morgan fingerprint density at radius 1 is 1.36 bits per heavy atom. The maximum atomic E-state index is 11.5. The van der Waals surface area contributed by atoms with Gasteiger partial charge in [-0.2, -0.15) is 0 Å². The zero-order valence-electron chi connectivity index (χ0n) is 8.79. The Labute approximate surface area is 83.5 Å². The molecule has 1 fully saturated rings. The van der Waals surface area contributed by atoms with Crippen LogP contribution in [-0.4, -0.2) is 22.2 Å². The summed E-state index contributed by atoms with van der Waals surface area (Å²) in [6.45, 7) is 2.13. The number of nitrogens with one attached hydrogen (secondary N) is 1. The summed E-state index contributed by atoms with van der Waals surface area (Å²) in [6.07, 6.45) is 4.24. The molecule has 78 valence electrons. The van der Waals surface area contributed by atoms with E-state index in [1.807, 2.05) is 20.3 Å². The average molecular weight is 195 g/mol. The number of piperidine rings is 1. The van der Waals surface area contributed by atoms with Gasteiger partial charge in [-0.25, -0.2) is 4.79 Å². The highest BCUT2D eigenvalue weighted by atomic mass is 16.1. The van der Waals surface area contributed by atoms with Gasteiger partial charge in [-0.05, 0) is 25.9 Å². The van der Waals surface area contributed by atoms with Gasteiger partial charge in [0.1, 0.15) is 0 Å². The fourth-order valence-corrected chi connectivity index (χ4v) is 2.18. The number of aryl methyl sites for hydroxylation is 1. The van der Waals surface area contributed by atoms with E-state index in [-0.39, 0.29) is 5.69 Å². The second-order valence-electron chi connectivity index (χ2n) is 4.03. The molecule has 0 spiro atoms. The van der Waals surface area contributed by atoms with Crippen molar-refractivity contribution in [2.75, 3.05) is 13.1 Å². The van der Waals surface area contributed by atoms with Crippen LogP contribution in [0.15, 0.2) is 11.0 Å². The molecule has 2 heterocycles. The van der Waals surface area contributed by atoms with Crippen LogP contribution in [0.4, 0.5) is 0 Å². The van der Waals surface area contributed by atoms with Crippen molar-refractivity contribution in [1.29, 1.82) is 0 Å². The fourth-order valence-electron chi connectivity index (χ4n) is 2.18. The van der Waals surface area contributed by atoms with Crippen molar-refractivity contribution in [2.45, 2.75) is 18.8 Å². The highest BCUT2D eigenvalue weighted by Gasteiger charge is 2.19. The molecule has 1 saturated heterocycles. The molecule has 4 nitrogen and oxygen atoms in total. The van der Waals surface area contributed by atoms with Gasteiger partial charge in [0.05, 0.1) is 0 Å². The molecule has 0 radical (unpaired) electrons. The minimum absolute atomic E-state index is 0.0820.